The van der Waals surface area contributed by atoms with Crippen LogP contribution in [0.4, 0.5) is 30.7 Å². The first-order valence-corrected chi connectivity index (χ1v) is 7.09. The number of rotatable bonds is 8. The molecule has 0 aromatic carbocycles. The van der Waals surface area contributed by atoms with E-state index in [-0.39, 0.29) is 25.7 Å². The third-order valence-electron chi connectivity index (χ3n) is 3.42. The molecule has 1 atom stereocenters. The van der Waals surface area contributed by atoms with Crippen molar-refractivity contribution in [1.82, 2.24) is 0 Å². The molecule has 1 aliphatic rings. The molecule has 1 aliphatic heterocycles. The highest BCUT2D eigenvalue weighted by Crippen LogP contribution is 2.48. The molecule has 1 saturated heterocycles. The topological polar surface area (TPSA) is 18.5 Å². The van der Waals surface area contributed by atoms with Gasteiger partial charge in [0.15, 0.2) is 0 Å². The molecule has 22 heavy (non-hydrogen) atoms. The summed E-state index contributed by atoms with van der Waals surface area (Å²) < 4.78 is 97.3. The average molecular weight is 340 g/mol. The van der Waals surface area contributed by atoms with Crippen molar-refractivity contribution < 1.29 is 40.2 Å². The molecule has 0 saturated carbocycles. The van der Waals surface area contributed by atoms with Crippen molar-refractivity contribution in [2.45, 2.75) is 62.7 Å². The third kappa shape index (κ3) is 5.26. The largest absolute Gasteiger partial charge is 0.459 e. The molecule has 132 valence electrons. The van der Waals surface area contributed by atoms with Crippen LogP contribution in [0.25, 0.3) is 0 Å². The highest BCUT2D eigenvalue weighted by Gasteiger charge is 2.72. The van der Waals surface area contributed by atoms with Crippen LogP contribution < -0.4 is 0 Å². The Morgan fingerprint density at radius 2 is 1.64 bits per heavy atom. The lowest BCUT2D eigenvalue weighted by molar-refractivity contribution is -0.355. The molecule has 1 heterocycles. The maximum atomic E-state index is 13.0. The SMILES string of the molecule is FC(F)(F)C(F)(F)C(F)(F)CCCCOCC1CCCCO1. The van der Waals surface area contributed by atoms with Crippen molar-refractivity contribution in [3.63, 3.8) is 0 Å². The second-order valence-corrected chi connectivity index (χ2v) is 5.30. The van der Waals surface area contributed by atoms with Crippen LogP contribution in [0, 0.1) is 0 Å². The van der Waals surface area contributed by atoms with Crippen LogP contribution in [0.3, 0.4) is 0 Å². The Bertz CT molecular complexity index is 325. The first-order chi connectivity index (χ1) is 10.1. The van der Waals surface area contributed by atoms with Gasteiger partial charge in [-0.2, -0.15) is 30.7 Å². The summed E-state index contributed by atoms with van der Waals surface area (Å²) in [5.41, 5.74) is 0. The smallest absolute Gasteiger partial charge is 0.379 e. The Morgan fingerprint density at radius 1 is 0.955 bits per heavy atom. The predicted octanol–water partition coefficient (Wildman–Crippen LogP) is 4.58. The van der Waals surface area contributed by atoms with E-state index in [4.69, 9.17) is 9.47 Å². The fraction of sp³-hybridized carbons (Fsp3) is 1.00. The van der Waals surface area contributed by atoms with Gasteiger partial charge >= 0.3 is 18.0 Å². The number of unbranched alkanes of at least 4 members (excludes halogenated alkanes) is 1. The van der Waals surface area contributed by atoms with Gasteiger partial charge in [-0.05, 0) is 32.1 Å². The molecule has 0 aliphatic carbocycles. The van der Waals surface area contributed by atoms with Gasteiger partial charge in [-0.3, -0.25) is 0 Å². The monoisotopic (exact) mass is 340 g/mol. The Hall–Kier alpha value is -0.570. The molecule has 0 aromatic heterocycles. The van der Waals surface area contributed by atoms with Crippen molar-refractivity contribution in [1.29, 1.82) is 0 Å². The Labute approximate surface area is 123 Å². The Morgan fingerprint density at radius 3 is 2.18 bits per heavy atom. The second-order valence-electron chi connectivity index (χ2n) is 5.30. The quantitative estimate of drug-likeness (QED) is 0.476. The highest BCUT2D eigenvalue weighted by molar-refractivity contribution is 4.90. The van der Waals surface area contributed by atoms with Crippen LogP contribution in [-0.2, 0) is 9.47 Å². The van der Waals surface area contributed by atoms with E-state index >= 15 is 0 Å². The fourth-order valence-electron chi connectivity index (χ4n) is 2.07. The molecule has 0 amide bonds. The van der Waals surface area contributed by atoms with Gasteiger partial charge in [0, 0.05) is 19.6 Å². The van der Waals surface area contributed by atoms with Gasteiger partial charge in [0.25, 0.3) is 0 Å². The van der Waals surface area contributed by atoms with Crippen LogP contribution in [0.2, 0.25) is 0 Å². The van der Waals surface area contributed by atoms with Crippen molar-refractivity contribution in [3.8, 4) is 0 Å². The molecule has 0 aromatic rings. The van der Waals surface area contributed by atoms with Crippen molar-refractivity contribution in [3.05, 3.63) is 0 Å². The molecule has 9 heteroatoms. The third-order valence-corrected chi connectivity index (χ3v) is 3.42. The molecule has 1 rings (SSSR count). The summed E-state index contributed by atoms with van der Waals surface area (Å²) in [6, 6.07) is 0. The lowest BCUT2D eigenvalue weighted by atomic mass is 10.0. The van der Waals surface area contributed by atoms with E-state index in [1.165, 1.54) is 0 Å². The molecule has 0 spiro atoms. The molecule has 1 fully saturated rings. The lowest BCUT2D eigenvalue weighted by Gasteiger charge is -2.28. The molecule has 0 radical (unpaired) electrons. The van der Waals surface area contributed by atoms with Crippen LogP contribution in [0.1, 0.15) is 38.5 Å². The summed E-state index contributed by atoms with van der Waals surface area (Å²) in [7, 11) is 0. The van der Waals surface area contributed by atoms with Gasteiger partial charge in [-0.25, -0.2) is 0 Å². The van der Waals surface area contributed by atoms with Gasteiger partial charge in [0.1, 0.15) is 0 Å². The molecular formula is C13H19F7O2. The molecule has 0 bridgehead atoms. The van der Waals surface area contributed by atoms with Crippen LogP contribution in [-0.4, -0.2) is 43.9 Å². The number of halogens is 7. The van der Waals surface area contributed by atoms with Gasteiger partial charge in [0.05, 0.1) is 12.7 Å². The minimum atomic E-state index is -6.26. The number of hydrogen-bond acceptors (Lipinski definition) is 2. The number of hydrogen-bond donors (Lipinski definition) is 0. The normalized spacial score (nSPS) is 21.1. The fourth-order valence-corrected chi connectivity index (χ4v) is 2.07. The summed E-state index contributed by atoms with van der Waals surface area (Å²) in [5, 5.41) is 0. The minimum Gasteiger partial charge on any atom is -0.379 e. The highest BCUT2D eigenvalue weighted by atomic mass is 19.4. The van der Waals surface area contributed by atoms with Gasteiger partial charge in [-0.15, -0.1) is 0 Å². The minimum absolute atomic E-state index is 0.0176. The summed E-state index contributed by atoms with van der Waals surface area (Å²) in [4.78, 5) is 0. The summed E-state index contributed by atoms with van der Waals surface area (Å²) in [6.07, 6.45) is -5.55. The zero-order valence-electron chi connectivity index (χ0n) is 11.9. The summed E-state index contributed by atoms with van der Waals surface area (Å²) in [6.45, 7) is 0.926. The van der Waals surface area contributed by atoms with E-state index in [2.05, 4.69) is 0 Å². The molecule has 2 nitrogen and oxygen atoms in total. The van der Waals surface area contributed by atoms with Crippen LogP contribution in [0.15, 0.2) is 0 Å². The summed E-state index contributed by atoms with van der Waals surface area (Å²) in [5.74, 6) is -11.1. The maximum Gasteiger partial charge on any atom is 0.459 e. The number of ether oxygens (including phenoxy) is 2. The van der Waals surface area contributed by atoms with E-state index in [1.807, 2.05) is 0 Å². The molecule has 0 N–H and O–H groups in total. The van der Waals surface area contributed by atoms with E-state index < -0.39 is 30.9 Å². The second kappa shape index (κ2) is 7.81. The predicted molar refractivity (Wildman–Crippen MR) is 64.2 cm³/mol. The van der Waals surface area contributed by atoms with Crippen molar-refractivity contribution in [2.24, 2.45) is 0 Å². The standard InChI is InChI=1S/C13H19F7O2/c14-11(15,12(16,17)13(18,19)20)6-2-4-7-21-9-10-5-1-3-8-22-10/h10H,1-9H2. The van der Waals surface area contributed by atoms with Gasteiger partial charge < -0.3 is 9.47 Å². The van der Waals surface area contributed by atoms with Gasteiger partial charge in [0.2, 0.25) is 0 Å². The van der Waals surface area contributed by atoms with Gasteiger partial charge in [-0.1, -0.05) is 0 Å². The number of alkyl halides is 7. The van der Waals surface area contributed by atoms with Crippen molar-refractivity contribution >= 4 is 0 Å². The van der Waals surface area contributed by atoms with Crippen molar-refractivity contribution in [2.75, 3.05) is 19.8 Å². The zero-order valence-corrected chi connectivity index (χ0v) is 11.9. The zero-order chi connectivity index (χ0) is 16.9. The lowest BCUT2D eigenvalue weighted by Crippen LogP contribution is -2.51. The van der Waals surface area contributed by atoms with E-state index in [0.717, 1.165) is 19.3 Å². The first-order valence-electron chi connectivity index (χ1n) is 7.09. The van der Waals surface area contributed by atoms with E-state index in [0.29, 0.717) is 6.61 Å². The summed E-state index contributed by atoms with van der Waals surface area (Å²) >= 11 is 0. The first kappa shape index (κ1) is 19.5. The molecule has 1 unspecified atom stereocenters. The van der Waals surface area contributed by atoms with Crippen LogP contribution in [0.5, 0.6) is 0 Å². The average Bonchev–Trinajstić information content (AvgIpc) is 2.42. The van der Waals surface area contributed by atoms with E-state index in [9.17, 15) is 30.7 Å². The Balaban J connectivity index is 2.20. The van der Waals surface area contributed by atoms with Crippen LogP contribution >= 0.6 is 0 Å². The maximum absolute atomic E-state index is 13.0. The molecular weight excluding hydrogens is 321 g/mol. The Kier molecular flexibility index (Phi) is 6.91. The van der Waals surface area contributed by atoms with E-state index in [1.54, 1.807) is 0 Å².